The van der Waals surface area contributed by atoms with Crippen LogP contribution in [0.4, 0.5) is 0 Å². The molecule has 0 fully saturated rings. The molecule has 0 aliphatic carbocycles. The van der Waals surface area contributed by atoms with Crippen molar-refractivity contribution < 1.29 is 14.6 Å². The lowest BCUT2D eigenvalue weighted by Gasteiger charge is -2.13. The van der Waals surface area contributed by atoms with Gasteiger partial charge in [0.1, 0.15) is 17.8 Å². The molecule has 0 bridgehead atoms. The van der Waals surface area contributed by atoms with E-state index in [-0.39, 0.29) is 5.75 Å². The SMILES string of the molecule is N[C@H](C=O)Cc1ccc(O)cc1OCCCc1ccccc1. The summed E-state index contributed by atoms with van der Waals surface area (Å²) < 4.78 is 5.75. The summed E-state index contributed by atoms with van der Waals surface area (Å²) in [7, 11) is 0. The third kappa shape index (κ3) is 4.90. The first kappa shape index (κ1) is 16.0. The highest BCUT2D eigenvalue weighted by Crippen LogP contribution is 2.25. The van der Waals surface area contributed by atoms with E-state index < -0.39 is 6.04 Å². The van der Waals surface area contributed by atoms with Crippen LogP contribution in [0.1, 0.15) is 17.5 Å². The highest BCUT2D eigenvalue weighted by molar-refractivity contribution is 5.58. The Bertz CT molecular complexity index is 599. The van der Waals surface area contributed by atoms with Gasteiger partial charge in [-0.25, -0.2) is 0 Å². The Morgan fingerprint density at radius 1 is 1.18 bits per heavy atom. The van der Waals surface area contributed by atoms with Crippen molar-refractivity contribution in [3.05, 3.63) is 59.7 Å². The fraction of sp³-hybridized carbons (Fsp3) is 0.278. The predicted molar refractivity (Wildman–Crippen MR) is 86.1 cm³/mol. The zero-order valence-electron chi connectivity index (χ0n) is 12.4. The number of benzene rings is 2. The van der Waals surface area contributed by atoms with Gasteiger partial charge in [0.15, 0.2) is 0 Å². The van der Waals surface area contributed by atoms with Gasteiger partial charge in [-0.1, -0.05) is 36.4 Å². The normalized spacial score (nSPS) is 11.9. The molecule has 0 radical (unpaired) electrons. The second kappa shape index (κ2) is 8.20. The van der Waals surface area contributed by atoms with Crippen molar-refractivity contribution in [3.8, 4) is 11.5 Å². The average molecular weight is 299 g/mol. The summed E-state index contributed by atoms with van der Waals surface area (Å²) in [5, 5.41) is 9.58. The second-order valence-corrected chi connectivity index (χ2v) is 5.23. The molecule has 0 saturated carbocycles. The van der Waals surface area contributed by atoms with E-state index in [0.717, 1.165) is 18.4 Å². The van der Waals surface area contributed by atoms with Crippen molar-refractivity contribution in [1.82, 2.24) is 0 Å². The van der Waals surface area contributed by atoms with Crippen LogP contribution in [-0.2, 0) is 17.6 Å². The molecule has 4 heteroatoms. The number of rotatable bonds is 8. The number of hydrogen-bond donors (Lipinski definition) is 2. The topological polar surface area (TPSA) is 72.6 Å². The van der Waals surface area contributed by atoms with Gasteiger partial charge >= 0.3 is 0 Å². The molecule has 0 aromatic heterocycles. The fourth-order valence-corrected chi connectivity index (χ4v) is 2.25. The predicted octanol–water partition coefficient (Wildman–Crippen LogP) is 2.47. The van der Waals surface area contributed by atoms with Crippen LogP contribution < -0.4 is 10.5 Å². The Balaban J connectivity index is 1.90. The first-order chi connectivity index (χ1) is 10.7. The third-order valence-corrected chi connectivity index (χ3v) is 3.39. The quantitative estimate of drug-likeness (QED) is 0.580. The van der Waals surface area contributed by atoms with Crippen LogP contribution in [0.25, 0.3) is 0 Å². The molecule has 2 rings (SSSR count). The molecule has 0 aliphatic rings. The lowest BCUT2D eigenvalue weighted by molar-refractivity contribution is -0.108. The van der Waals surface area contributed by atoms with Gasteiger partial charge in [-0.3, -0.25) is 0 Å². The van der Waals surface area contributed by atoms with Crippen LogP contribution in [0.2, 0.25) is 0 Å². The number of ether oxygens (including phenoxy) is 1. The molecular formula is C18H21NO3. The van der Waals surface area contributed by atoms with Crippen LogP contribution in [0, 0.1) is 0 Å². The van der Waals surface area contributed by atoms with Gasteiger partial charge in [0.05, 0.1) is 12.6 Å². The summed E-state index contributed by atoms with van der Waals surface area (Å²) in [6.07, 6.45) is 2.92. The summed E-state index contributed by atoms with van der Waals surface area (Å²) in [6, 6.07) is 14.5. The highest BCUT2D eigenvalue weighted by atomic mass is 16.5. The molecular weight excluding hydrogens is 278 g/mol. The lowest BCUT2D eigenvalue weighted by Crippen LogP contribution is -2.24. The minimum atomic E-state index is -0.559. The Morgan fingerprint density at radius 3 is 2.68 bits per heavy atom. The summed E-state index contributed by atoms with van der Waals surface area (Å²) in [5.41, 5.74) is 7.76. The van der Waals surface area contributed by atoms with E-state index in [0.29, 0.717) is 25.1 Å². The molecule has 4 nitrogen and oxygen atoms in total. The molecule has 116 valence electrons. The van der Waals surface area contributed by atoms with Gasteiger partial charge in [-0.15, -0.1) is 0 Å². The summed E-state index contributed by atoms with van der Waals surface area (Å²) >= 11 is 0. The minimum absolute atomic E-state index is 0.140. The van der Waals surface area contributed by atoms with Gasteiger partial charge in [-0.05, 0) is 36.5 Å². The molecule has 0 unspecified atom stereocenters. The molecule has 0 amide bonds. The van der Waals surface area contributed by atoms with E-state index >= 15 is 0 Å². The number of carbonyl (C=O) groups excluding carboxylic acids is 1. The minimum Gasteiger partial charge on any atom is -0.508 e. The number of phenols is 1. The molecule has 0 aliphatic heterocycles. The van der Waals surface area contributed by atoms with Crippen molar-refractivity contribution in [1.29, 1.82) is 0 Å². The number of carbonyl (C=O) groups is 1. The summed E-state index contributed by atoms with van der Waals surface area (Å²) in [5.74, 6) is 0.729. The zero-order chi connectivity index (χ0) is 15.8. The number of nitrogens with two attached hydrogens (primary N) is 1. The maximum Gasteiger partial charge on any atom is 0.137 e. The van der Waals surface area contributed by atoms with E-state index in [1.165, 1.54) is 5.56 Å². The van der Waals surface area contributed by atoms with Gasteiger partial charge in [0, 0.05) is 6.07 Å². The maximum absolute atomic E-state index is 10.7. The average Bonchev–Trinajstić information content (AvgIpc) is 2.54. The van der Waals surface area contributed by atoms with Gasteiger partial charge < -0.3 is 20.4 Å². The lowest BCUT2D eigenvalue weighted by atomic mass is 10.1. The fourth-order valence-electron chi connectivity index (χ4n) is 2.25. The zero-order valence-corrected chi connectivity index (χ0v) is 12.4. The molecule has 2 aromatic carbocycles. The highest BCUT2D eigenvalue weighted by Gasteiger charge is 2.09. The Labute approximate surface area is 130 Å². The van der Waals surface area contributed by atoms with Crippen molar-refractivity contribution in [2.75, 3.05) is 6.61 Å². The van der Waals surface area contributed by atoms with E-state index in [9.17, 15) is 9.90 Å². The molecule has 0 heterocycles. The van der Waals surface area contributed by atoms with E-state index in [1.807, 2.05) is 18.2 Å². The van der Waals surface area contributed by atoms with E-state index in [1.54, 1.807) is 18.2 Å². The summed E-state index contributed by atoms with van der Waals surface area (Å²) in [4.78, 5) is 10.7. The maximum atomic E-state index is 10.7. The standard InChI is InChI=1S/C18H21NO3/c19-16(13-20)11-15-8-9-17(21)12-18(15)22-10-4-7-14-5-2-1-3-6-14/h1-3,5-6,8-9,12-13,16,21H,4,7,10-11,19H2/t16-/m0/s1. The van der Waals surface area contributed by atoms with Crippen LogP contribution in [0.15, 0.2) is 48.5 Å². The van der Waals surface area contributed by atoms with E-state index in [2.05, 4.69) is 12.1 Å². The Kier molecular flexibility index (Phi) is 5.98. The molecule has 3 N–H and O–H groups in total. The molecule has 1 atom stereocenters. The number of aldehydes is 1. The second-order valence-electron chi connectivity index (χ2n) is 5.23. The van der Waals surface area contributed by atoms with Gasteiger partial charge in [0.2, 0.25) is 0 Å². The Morgan fingerprint density at radius 2 is 1.95 bits per heavy atom. The van der Waals surface area contributed by atoms with Crippen LogP contribution in [0.5, 0.6) is 11.5 Å². The van der Waals surface area contributed by atoms with Crippen LogP contribution in [0.3, 0.4) is 0 Å². The van der Waals surface area contributed by atoms with Gasteiger partial charge in [0.25, 0.3) is 0 Å². The first-order valence-electron chi connectivity index (χ1n) is 7.38. The molecule has 0 saturated heterocycles. The van der Waals surface area contributed by atoms with Gasteiger partial charge in [-0.2, -0.15) is 0 Å². The first-order valence-corrected chi connectivity index (χ1v) is 7.38. The largest absolute Gasteiger partial charge is 0.508 e. The van der Waals surface area contributed by atoms with E-state index in [4.69, 9.17) is 10.5 Å². The molecule has 22 heavy (non-hydrogen) atoms. The van der Waals surface area contributed by atoms with Crippen molar-refractivity contribution in [2.45, 2.75) is 25.3 Å². The van der Waals surface area contributed by atoms with Crippen molar-refractivity contribution in [2.24, 2.45) is 5.73 Å². The number of phenolic OH excluding ortho intramolecular Hbond substituents is 1. The van der Waals surface area contributed by atoms with Crippen LogP contribution >= 0.6 is 0 Å². The Hall–Kier alpha value is -2.33. The number of hydrogen-bond acceptors (Lipinski definition) is 4. The number of aryl methyl sites for hydroxylation is 1. The summed E-state index contributed by atoms with van der Waals surface area (Å²) in [6.45, 7) is 0.543. The monoisotopic (exact) mass is 299 g/mol. The molecule has 2 aromatic rings. The number of aromatic hydroxyl groups is 1. The van der Waals surface area contributed by atoms with Crippen LogP contribution in [-0.4, -0.2) is 24.0 Å². The van der Waals surface area contributed by atoms with Crippen molar-refractivity contribution >= 4 is 6.29 Å². The van der Waals surface area contributed by atoms with Crippen molar-refractivity contribution in [3.63, 3.8) is 0 Å². The third-order valence-electron chi connectivity index (χ3n) is 3.39. The smallest absolute Gasteiger partial charge is 0.137 e. The molecule has 0 spiro atoms.